The van der Waals surface area contributed by atoms with Gasteiger partial charge in [-0.05, 0) is 42.0 Å². The second kappa shape index (κ2) is 8.66. The van der Waals surface area contributed by atoms with Crippen LogP contribution >= 0.6 is 46.4 Å². The van der Waals surface area contributed by atoms with Crippen LogP contribution in [0.1, 0.15) is 17.3 Å². The molecule has 9 heteroatoms. The third-order valence-electron chi connectivity index (χ3n) is 4.08. The molecule has 1 heterocycles. The summed E-state index contributed by atoms with van der Waals surface area (Å²) in [6.45, 7) is 0.503. The molecule has 1 atom stereocenters. The first-order chi connectivity index (χ1) is 13.2. The summed E-state index contributed by atoms with van der Waals surface area (Å²) in [6.07, 6.45) is 1.81. The first-order valence-electron chi connectivity index (χ1n) is 8.20. The van der Waals surface area contributed by atoms with E-state index in [1.165, 1.54) is 24.3 Å². The predicted molar refractivity (Wildman–Crippen MR) is 115 cm³/mol. The Morgan fingerprint density at radius 1 is 0.929 bits per heavy atom. The fraction of sp³-hybridized carbons (Fsp3) is 0.158. The van der Waals surface area contributed by atoms with Gasteiger partial charge >= 0.3 is 0 Å². The molecule has 0 amide bonds. The SMILES string of the molecule is O=S(=O)(NC(c1cccn1Cc1ccccc1)C(Cl)(Cl)Cl)c1ccc(Cl)cc1. The number of halogens is 4. The highest BCUT2D eigenvalue weighted by Crippen LogP contribution is 2.41. The summed E-state index contributed by atoms with van der Waals surface area (Å²) in [6, 6.07) is 17.9. The van der Waals surface area contributed by atoms with E-state index < -0.39 is 19.9 Å². The van der Waals surface area contributed by atoms with Gasteiger partial charge in [0.05, 0.1) is 4.90 Å². The number of sulfonamides is 1. The van der Waals surface area contributed by atoms with Crippen molar-refractivity contribution in [1.29, 1.82) is 0 Å². The fourth-order valence-corrected chi connectivity index (χ4v) is 4.80. The summed E-state index contributed by atoms with van der Waals surface area (Å²) >= 11 is 24.3. The van der Waals surface area contributed by atoms with Crippen LogP contribution in [0.15, 0.2) is 77.8 Å². The molecular formula is C19H16Cl4N2O2S. The normalized spacial score (nSPS) is 13.4. The summed E-state index contributed by atoms with van der Waals surface area (Å²) in [5.41, 5.74) is 1.56. The monoisotopic (exact) mass is 476 g/mol. The molecule has 1 unspecified atom stereocenters. The number of alkyl halides is 3. The van der Waals surface area contributed by atoms with Crippen molar-refractivity contribution in [3.05, 3.63) is 89.2 Å². The average molecular weight is 478 g/mol. The van der Waals surface area contributed by atoms with E-state index in [0.29, 0.717) is 17.3 Å². The Balaban J connectivity index is 1.94. The lowest BCUT2D eigenvalue weighted by Gasteiger charge is -2.27. The lowest BCUT2D eigenvalue weighted by molar-refractivity contribution is 0.543. The Labute approximate surface area is 184 Å². The molecule has 4 nitrogen and oxygen atoms in total. The van der Waals surface area contributed by atoms with Gasteiger partial charge in [0, 0.05) is 23.5 Å². The number of rotatable bonds is 6. The van der Waals surface area contributed by atoms with Gasteiger partial charge in [0.2, 0.25) is 13.8 Å². The molecule has 0 aliphatic rings. The summed E-state index contributed by atoms with van der Waals surface area (Å²) < 4.78 is 28.1. The van der Waals surface area contributed by atoms with Crippen molar-refractivity contribution in [1.82, 2.24) is 9.29 Å². The molecule has 0 radical (unpaired) electrons. The molecule has 0 saturated carbocycles. The second-order valence-electron chi connectivity index (χ2n) is 6.10. The van der Waals surface area contributed by atoms with Crippen molar-refractivity contribution in [2.24, 2.45) is 0 Å². The minimum absolute atomic E-state index is 0.0253. The zero-order valence-electron chi connectivity index (χ0n) is 14.4. The van der Waals surface area contributed by atoms with Crippen LogP contribution in [0, 0.1) is 0 Å². The molecule has 0 aliphatic carbocycles. The van der Waals surface area contributed by atoms with E-state index in [0.717, 1.165) is 5.56 Å². The number of hydrogen-bond donors (Lipinski definition) is 1. The molecule has 3 aromatic rings. The van der Waals surface area contributed by atoms with Crippen LogP contribution < -0.4 is 4.72 Å². The van der Waals surface area contributed by atoms with Crippen molar-refractivity contribution < 1.29 is 8.42 Å². The highest BCUT2D eigenvalue weighted by Gasteiger charge is 2.39. The number of nitrogens with zero attached hydrogens (tertiary/aromatic N) is 1. The molecule has 0 aliphatic heterocycles. The number of benzene rings is 2. The van der Waals surface area contributed by atoms with Crippen LogP contribution in [0.5, 0.6) is 0 Å². The molecule has 1 aromatic heterocycles. The fourth-order valence-electron chi connectivity index (χ4n) is 2.75. The van der Waals surface area contributed by atoms with Gasteiger partial charge in [-0.3, -0.25) is 0 Å². The summed E-state index contributed by atoms with van der Waals surface area (Å²) in [4.78, 5) is 0.0253. The number of nitrogens with one attached hydrogen (secondary N) is 1. The molecule has 0 fully saturated rings. The van der Waals surface area contributed by atoms with Crippen molar-refractivity contribution >= 4 is 56.4 Å². The Kier molecular flexibility index (Phi) is 6.65. The highest BCUT2D eigenvalue weighted by molar-refractivity contribution is 7.89. The molecule has 28 heavy (non-hydrogen) atoms. The maximum Gasteiger partial charge on any atom is 0.241 e. The Bertz CT molecular complexity index is 1030. The maximum atomic E-state index is 12.8. The van der Waals surface area contributed by atoms with Gasteiger partial charge in [0.1, 0.15) is 6.04 Å². The minimum Gasteiger partial charge on any atom is -0.345 e. The van der Waals surface area contributed by atoms with Crippen molar-refractivity contribution in [2.75, 3.05) is 0 Å². The van der Waals surface area contributed by atoms with Crippen LogP contribution in [0.2, 0.25) is 5.02 Å². The zero-order chi connectivity index (χ0) is 20.4. The zero-order valence-corrected chi connectivity index (χ0v) is 18.2. The molecular weight excluding hydrogens is 462 g/mol. The average Bonchev–Trinajstić information content (AvgIpc) is 3.08. The molecule has 0 saturated heterocycles. The Morgan fingerprint density at radius 2 is 1.57 bits per heavy atom. The van der Waals surface area contributed by atoms with E-state index in [-0.39, 0.29) is 4.90 Å². The van der Waals surface area contributed by atoms with E-state index in [2.05, 4.69) is 4.72 Å². The van der Waals surface area contributed by atoms with E-state index in [1.54, 1.807) is 12.1 Å². The summed E-state index contributed by atoms with van der Waals surface area (Å²) in [5, 5.41) is 0.425. The Morgan fingerprint density at radius 3 is 2.18 bits per heavy atom. The molecule has 148 valence electrons. The topological polar surface area (TPSA) is 51.1 Å². The Hall–Kier alpha value is -1.21. The third-order valence-corrected chi connectivity index (χ3v) is 6.43. The quantitative estimate of drug-likeness (QED) is 0.471. The third kappa shape index (κ3) is 5.23. The van der Waals surface area contributed by atoms with Gasteiger partial charge < -0.3 is 4.57 Å². The first-order valence-corrected chi connectivity index (χ1v) is 11.2. The molecule has 2 aromatic carbocycles. The number of hydrogen-bond acceptors (Lipinski definition) is 2. The molecule has 0 spiro atoms. The van der Waals surface area contributed by atoms with Gasteiger partial charge in [0.25, 0.3) is 0 Å². The van der Waals surface area contributed by atoms with Gasteiger partial charge in [-0.25, -0.2) is 8.42 Å². The van der Waals surface area contributed by atoms with E-state index >= 15 is 0 Å². The molecule has 0 bridgehead atoms. The standard InChI is InChI=1S/C19H16Cl4N2O2S/c20-15-8-10-16(11-9-15)28(26,27)24-18(19(21,22)23)17-7-4-12-25(17)13-14-5-2-1-3-6-14/h1-12,18,24H,13H2. The van der Waals surface area contributed by atoms with Crippen LogP contribution in [0.4, 0.5) is 0 Å². The van der Waals surface area contributed by atoms with E-state index in [4.69, 9.17) is 46.4 Å². The lowest BCUT2D eigenvalue weighted by atomic mass is 10.2. The van der Waals surface area contributed by atoms with Gasteiger partial charge in [0.15, 0.2) is 0 Å². The van der Waals surface area contributed by atoms with Crippen LogP contribution in [0.3, 0.4) is 0 Å². The van der Waals surface area contributed by atoms with Crippen molar-refractivity contribution in [3.8, 4) is 0 Å². The van der Waals surface area contributed by atoms with Crippen molar-refractivity contribution in [3.63, 3.8) is 0 Å². The van der Waals surface area contributed by atoms with Crippen LogP contribution in [-0.4, -0.2) is 16.8 Å². The lowest BCUT2D eigenvalue weighted by Crippen LogP contribution is -2.37. The smallest absolute Gasteiger partial charge is 0.241 e. The molecule has 1 N–H and O–H groups in total. The first kappa shape index (κ1) is 21.5. The van der Waals surface area contributed by atoms with Crippen LogP contribution in [0.25, 0.3) is 0 Å². The largest absolute Gasteiger partial charge is 0.345 e. The second-order valence-corrected chi connectivity index (χ2v) is 10.6. The minimum atomic E-state index is -3.95. The van der Waals surface area contributed by atoms with E-state index in [9.17, 15) is 8.42 Å². The van der Waals surface area contributed by atoms with Gasteiger partial charge in [-0.2, -0.15) is 4.72 Å². The maximum absolute atomic E-state index is 12.8. The summed E-state index contributed by atoms with van der Waals surface area (Å²) in [7, 11) is -3.95. The van der Waals surface area contributed by atoms with Gasteiger partial charge in [-0.15, -0.1) is 0 Å². The number of aromatic nitrogens is 1. The summed E-state index contributed by atoms with van der Waals surface area (Å²) in [5.74, 6) is 0. The van der Waals surface area contributed by atoms with Crippen molar-refractivity contribution in [2.45, 2.75) is 21.3 Å². The highest BCUT2D eigenvalue weighted by atomic mass is 35.6. The predicted octanol–water partition coefficient (Wildman–Crippen LogP) is 5.58. The van der Waals surface area contributed by atoms with Crippen LogP contribution in [-0.2, 0) is 16.6 Å². The van der Waals surface area contributed by atoms with Gasteiger partial charge in [-0.1, -0.05) is 76.7 Å². The van der Waals surface area contributed by atoms with E-state index in [1.807, 2.05) is 41.1 Å². The molecule has 3 rings (SSSR count).